The van der Waals surface area contributed by atoms with Crippen molar-refractivity contribution in [3.8, 4) is 0 Å². The largest absolute Gasteiger partial charge is 0.379 e. The Labute approximate surface area is 74.4 Å². The molecule has 2 aromatic rings. The molecule has 6 nitrogen and oxygen atoms in total. The van der Waals surface area contributed by atoms with Crippen LogP contribution in [-0.2, 0) is 0 Å². The summed E-state index contributed by atoms with van der Waals surface area (Å²) < 4.78 is 0.506. The molecule has 0 aromatic carbocycles. The fraction of sp³-hybridized carbons (Fsp3) is 0. The van der Waals surface area contributed by atoms with Gasteiger partial charge in [-0.25, -0.2) is 9.97 Å². The summed E-state index contributed by atoms with van der Waals surface area (Å²) in [6, 6.07) is 0. The number of H-pyrrole nitrogens is 2. The van der Waals surface area contributed by atoms with Crippen LogP contribution in [0.5, 0.6) is 0 Å². The smallest absolute Gasteiger partial charge is 0.292 e. The molecule has 0 amide bonds. The Kier molecular flexibility index (Phi) is 1.40. The van der Waals surface area contributed by atoms with E-state index in [0.717, 1.165) is 0 Å². The summed E-state index contributed by atoms with van der Waals surface area (Å²) in [7, 11) is 0. The van der Waals surface area contributed by atoms with Crippen LogP contribution in [0.3, 0.4) is 0 Å². The van der Waals surface area contributed by atoms with Gasteiger partial charge in [0.1, 0.15) is 0 Å². The Bertz CT molecular complexity index is 486. The van der Waals surface area contributed by atoms with E-state index in [1.165, 1.54) is 0 Å². The molecule has 0 saturated heterocycles. The van der Waals surface area contributed by atoms with Crippen molar-refractivity contribution in [1.29, 1.82) is 0 Å². The third kappa shape index (κ3) is 0.981. The van der Waals surface area contributed by atoms with Gasteiger partial charge >= 0.3 is 0 Å². The van der Waals surface area contributed by atoms with Crippen LogP contribution in [0, 0.1) is 0 Å². The van der Waals surface area contributed by atoms with Crippen molar-refractivity contribution in [1.82, 2.24) is 19.9 Å². The first kappa shape index (κ1) is 7.29. The van der Waals surface area contributed by atoms with Crippen molar-refractivity contribution in [2.45, 2.75) is 0 Å². The molecule has 2 aromatic heterocycles. The average Bonchev–Trinajstić information content (AvgIpc) is 2.30. The highest BCUT2D eigenvalue weighted by Gasteiger charge is 2.04. The minimum absolute atomic E-state index is 0.0707. The number of nitrogen functional groups attached to an aromatic ring is 1. The topological polar surface area (TPSA) is 100 Å². The van der Waals surface area contributed by atoms with Crippen molar-refractivity contribution in [2.75, 3.05) is 5.73 Å². The number of aromatic nitrogens is 4. The summed E-state index contributed by atoms with van der Waals surface area (Å²) in [6.45, 7) is 0. The summed E-state index contributed by atoms with van der Waals surface area (Å²) >= 11 is 3.10. The van der Waals surface area contributed by atoms with Crippen LogP contribution in [0.15, 0.2) is 9.53 Å². The van der Waals surface area contributed by atoms with Crippen molar-refractivity contribution in [2.24, 2.45) is 0 Å². The molecule has 0 bridgehead atoms. The molecular formula is C5H4BrN5O. The number of rotatable bonds is 0. The number of halogens is 1. The summed E-state index contributed by atoms with van der Waals surface area (Å²) in [5, 5.41) is 0. The molecule has 4 N–H and O–H groups in total. The van der Waals surface area contributed by atoms with Crippen LogP contribution >= 0.6 is 15.9 Å². The molecule has 0 spiro atoms. The van der Waals surface area contributed by atoms with E-state index in [9.17, 15) is 4.79 Å². The quantitative estimate of drug-likeness (QED) is 0.592. The van der Waals surface area contributed by atoms with Crippen LogP contribution in [0.2, 0.25) is 0 Å². The van der Waals surface area contributed by atoms with Gasteiger partial charge in [-0.15, -0.1) is 0 Å². The molecule has 0 atom stereocenters. The van der Waals surface area contributed by atoms with E-state index in [2.05, 4.69) is 35.9 Å². The van der Waals surface area contributed by atoms with Gasteiger partial charge in [-0.05, 0) is 15.9 Å². The Morgan fingerprint density at radius 1 is 1.25 bits per heavy atom. The zero-order valence-corrected chi connectivity index (χ0v) is 7.34. The second-order valence-corrected chi connectivity index (χ2v) is 2.93. The summed E-state index contributed by atoms with van der Waals surface area (Å²) in [6.07, 6.45) is 0. The number of nitrogens with one attached hydrogen (secondary N) is 2. The summed E-state index contributed by atoms with van der Waals surface area (Å²) in [5.74, 6) is -0.0707. The van der Waals surface area contributed by atoms with Gasteiger partial charge in [-0.3, -0.25) is 4.79 Å². The fourth-order valence-corrected chi connectivity index (χ4v) is 1.21. The van der Waals surface area contributed by atoms with Crippen LogP contribution in [0.4, 0.5) is 5.82 Å². The SMILES string of the molecule is Nc1nc2[nH]c(Br)nc2[nH]c1=O. The number of fused-ring (bicyclic) bond motifs is 1. The van der Waals surface area contributed by atoms with E-state index >= 15 is 0 Å². The first-order valence-electron chi connectivity index (χ1n) is 3.08. The third-order valence-corrected chi connectivity index (χ3v) is 1.73. The van der Waals surface area contributed by atoms with Gasteiger partial charge in [0.2, 0.25) is 0 Å². The van der Waals surface area contributed by atoms with Crippen LogP contribution in [0.1, 0.15) is 0 Å². The van der Waals surface area contributed by atoms with Gasteiger partial charge < -0.3 is 15.7 Å². The maximum atomic E-state index is 10.9. The minimum Gasteiger partial charge on any atom is -0.379 e. The van der Waals surface area contributed by atoms with Gasteiger partial charge in [-0.1, -0.05) is 0 Å². The molecule has 12 heavy (non-hydrogen) atoms. The highest BCUT2D eigenvalue weighted by atomic mass is 79.9. The van der Waals surface area contributed by atoms with Crippen LogP contribution in [0.25, 0.3) is 11.3 Å². The second-order valence-electron chi connectivity index (χ2n) is 2.18. The molecule has 2 heterocycles. The predicted molar refractivity (Wildman–Crippen MR) is 46.6 cm³/mol. The normalized spacial score (nSPS) is 10.8. The molecule has 62 valence electrons. The van der Waals surface area contributed by atoms with E-state index in [-0.39, 0.29) is 5.82 Å². The van der Waals surface area contributed by atoms with Crippen molar-refractivity contribution in [3.63, 3.8) is 0 Å². The zero-order chi connectivity index (χ0) is 8.72. The molecule has 0 fully saturated rings. The van der Waals surface area contributed by atoms with Gasteiger partial charge in [0.15, 0.2) is 21.8 Å². The van der Waals surface area contributed by atoms with Gasteiger partial charge in [0.05, 0.1) is 0 Å². The van der Waals surface area contributed by atoms with Crippen molar-refractivity contribution in [3.05, 3.63) is 15.1 Å². The Balaban J connectivity index is 2.92. The number of imidazole rings is 1. The first-order valence-corrected chi connectivity index (χ1v) is 3.87. The first-order chi connectivity index (χ1) is 5.66. The van der Waals surface area contributed by atoms with Gasteiger partial charge in [-0.2, -0.15) is 0 Å². The second kappa shape index (κ2) is 2.31. The molecule has 7 heteroatoms. The molecule has 2 rings (SSSR count). The number of hydrogen-bond donors (Lipinski definition) is 3. The lowest BCUT2D eigenvalue weighted by atomic mass is 10.6. The zero-order valence-electron chi connectivity index (χ0n) is 5.76. The number of nitrogens with zero attached hydrogens (tertiary/aromatic N) is 2. The summed E-state index contributed by atoms with van der Waals surface area (Å²) in [4.78, 5) is 23.8. The number of nitrogens with two attached hydrogens (primary N) is 1. The lowest BCUT2D eigenvalue weighted by Gasteiger charge is -1.88. The van der Waals surface area contributed by atoms with E-state index in [1.54, 1.807) is 0 Å². The van der Waals surface area contributed by atoms with Crippen molar-refractivity contribution >= 4 is 33.0 Å². The lowest BCUT2D eigenvalue weighted by Crippen LogP contribution is -2.13. The molecule has 0 aliphatic rings. The third-order valence-electron chi connectivity index (χ3n) is 1.35. The highest BCUT2D eigenvalue weighted by Crippen LogP contribution is 2.08. The minimum atomic E-state index is -0.429. The molecule has 0 unspecified atom stereocenters. The maximum absolute atomic E-state index is 10.9. The van der Waals surface area contributed by atoms with E-state index in [4.69, 9.17) is 5.73 Å². The maximum Gasteiger partial charge on any atom is 0.292 e. The highest BCUT2D eigenvalue weighted by molar-refractivity contribution is 9.10. The van der Waals surface area contributed by atoms with Crippen LogP contribution in [-0.4, -0.2) is 19.9 Å². The Morgan fingerprint density at radius 3 is 2.67 bits per heavy atom. The van der Waals surface area contributed by atoms with Crippen molar-refractivity contribution < 1.29 is 0 Å². The molecule has 0 saturated carbocycles. The summed E-state index contributed by atoms with van der Waals surface area (Å²) in [5.41, 5.74) is 5.70. The number of anilines is 1. The predicted octanol–water partition coefficient (Wildman–Crippen LogP) is -0.00910. The Morgan fingerprint density at radius 2 is 1.92 bits per heavy atom. The van der Waals surface area contributed by atoms with E-state index in [0.29, 0.717) is 16.0 Å². The van der Waals surface area contributed by atoms with Crippen LogP contribution < -0.4 is 11.3 Å². The van der Waals surface area contributed by atoms with Gasteiger partial charge in [0.25, 0.3) is 5.56 Å². The monoisotopic (exact) mass is 229 g/mol. The number of hydrogen-bond acceptors (Lipinski definition) is 4. The van der Waals surface area contributed by atoms with E-state index < -0.39 is 5.56 Å². The van der Waals surface area contributed by atoms with E-state index in [1.807, 2.05) is 0 Å². The average molecular weight is 230 g/mol. The molecule has 0 aliphatic heterocycles. The standard InChI is InChI=1S/C5H4BrN5O/c6-5-10-2-3(11-5)9-4(12)1(7)8-2/h(H4,7,8,9,10,11,12). The molecule has 0 radical (unpaired) electrons. The Hall–Kier alpha value is -1.37. The molecule has 0 aliphatic carbocycles. The molecular weight excluding hydrogens is 226 g/mol. The number of aromatic amines is 2. The fourth-order valence-electron chi connectivity index (χ4n) is 0.847. The lowest BCUT2D eigenvalue weighted by molar-refractivity contribution is 1.20. The van der Waals surface area contributed by atoms with Gasteiger partial charge in [0, 0.05) is 0 Å².